The quantitative estimate of drug-likeness (QED) is 0.652. The Morgan fingerprint density at radius 3 is 1.68 bits per heavy atom. The lowest BCUT2D eigenvalue weighted by atomic mass is 10.0. The van der Waals surface area contributed by atoms with Gasteiger partial charge in [-0.3, -0.25) is 9.59 Å². The van der Waals surface area contributed by atoms with Gasteiger partial charge in [-0.05, 0) is 45.7 Å². The predicted molar refractivity (Wildman–Crippen MR) is 117 cm³/mol. The fraction of sp³-hybridized carbons (Fsp3) is 0.440. The third-order valence-corrected chi connectivity index (χ3v) is 6.05. The molecule has 0 fully saturated rings. The topological polar surface area (TPSA) is 76.7 Å². The van der Waals surface area contributed by atoms with Crippen LogP contribution in [0.15, 0.2) is 36.4 Å². The van der Waals surface area contributed by atoms with E-state index in [9.17, 15) is 9.59 Å². The van der Waals surface area contributed by atoms with Crippen LogP contribution in [0.4, 0.5) is 0 Å². The van der Waals surface area contributed by atoms with Crippen LogP contribution in [0.1, 0.15) is 46.7 Å². The number of rotatable bonds is 9. The minimum absolute atomic E-state index is 0.00371. The molecule has 0 aliphatic carbocycles. The van der Waals surface area contributed by atoms with Crippen LogP contribution in [0, 0.1) is 5.92 Å². The summed E-state index contributed by atoms with van der Waals surface area (Å²) in [6, 6.07) is 12.2. The zero-order valence-electron chi connectivity index (χ0n) is 18.0. The fourth-order valence-corrected chi connectivity index (χ4v) is 4.04. The molecule has 2 aliphatic heterocycles. The van der Waals surface area contributed by atoms with Crippen molar-refractivity contribution in [2.45, 2.75) is 52.6 Å². The molecule has 2 N–H and O–H groups in total. The summed E-state index contributed by atoms with van der Waals surface area (Å²) < 4.78 is 10.9. The Morgan fingerprint density at radius 2 is 1.23 bits per heavy atom. The molecule has 0 saturated carbocycles. The summed E-state index contributed by atoms with van der Waals surface area (Å²) in [6.07, 6.45) is 1.60. The molecular weight excluding hydrogens is 392 g/mol. The molecule has 6 heteroatoms. The van der Waals surface area contributed by atoms with E-state index < -0.39 is 0 Å². The monoisotopic (exact) mass is 422 g/mol. The van der Waals surface area contributed by atoms with Gasteiger partial charge in [0.15, 0.2) is 0 Å². The summed E-state index contributed by atoms with van der Waals surface area (Å²) in [5, 5.41) is 6.03. The van der Waals surface area contributed by atoms with Gasteiger partial charge in [0.2, 0.25) is 11.8 Å². The summed E-state index contributed by atoms with van der Waals surface area (Å²) in [7, 11) is 0. The number of benzene rings is 2. The Labute approximate surface area is 183 Å². The first kappa shape index (κ1) is 21.5. The van der Waals surface area contributed by atoms with Gasteiger partial charge in [0.05, 0.1) is 39.3 Å². The van der Waals surface area contributed by atoms with Crippen molar-refractivity contribution in [3.63, 3.8) is 0 Å². The van der Waals surface area contributed by atoms with Crippen molar-refractivity contribution in [1.29, 1.82) is 0 Å². The second kappa shape index (κ2) is 10.1. The van der Waals surface area contributed by atoms with E-state index in [0.717, 1.165) is 17.5 Å². The van der Waals surface area contributed by atoms with Gasteiger partial charge in [-0.15, -0.1) is 0 Å². The van der Waals surface area contributed by atoms with Crippen LogP contribution in [-0.4, -0.2) is 24.9 Å². The van der Waals surface area contributed by atoms with Gasteiger partial charge >= 0.3 is 0 Å². The predicted octanol–water partition coefficient (Wildman–Crippen LogP) is 2.79. The molecule has 2 aliphatic rings. The largest absolute Gasteiger partial charge is 0.372 e. The molecule has 2 heterocycles. The SMILES string of the molecule is CCC(CNC(=O)Cc1ccc2c(c1)COC2)CNC(=O)Cc1ccc2c(c1)COC2. The molecular formula is C25H30N2O4. The summed E-state index contributed by atoms with van der Waals surface area (Å²) in [6.45, 7) is 5.76. The molecule has 6 nitrogen and oxygen atoms in total. The van der Waals surface area contributed by atoms with Crippen LogP contribution < -0.4 is 10.6 Å². The Bertz CT molecular complexity index is 881. The minimum Gasteiger partial charge on any atom is -0.372 e. The minimum atomic E-state index is 0.00371. The first-order valence-corrected chi connectivity index (χ1v) is 11.0. The highest BCUT2D eigenvalue weighted by Gasteiger charge is 2.15. The van der Waals surface area contributed by atoms with Crippen LogP contribution in [-0.2, 0) is 58.3 Å². The second-order valence-electron chi connectivity index (χ2n) is 8.43. The molecule has 0 bridgehead atoms. The van der Waals surface area contributed by atoms with Crippen molar-refractivity contribution in [3.8, 4) is 0 Å². The lowest BCUT2D eigenvalue weighted by molar-refractivity contribution is -0.120. The number of hydrogen-bond acceptors (Lipinski definition) is 4. The zero-order chi connectivity index (χ0) is 21.6. The molecule has 0 atom stereocenters. The van der Waals surface area contributed by atoms with Crippen molar-refractivity contribution < 1.29 is 19.1 Å². The fourth-order valence-electron chi connectivity index (χ4n) is 4.04. The standard InChI is InChI=1S/C25H30N2O4/c1-2-17(11-26-24(28)9-18-3-5-20-13-30-15-22(20)7-18)12-27-25(29)10-19-4-6-21-14-31-16-23(21)8-19/h3-8,17H,2,9-16H2,1H3,(H,26,28)(H,27,29). The molecule has 164 valence electrons. The zero-order valence-corrected chi connectivity index (χ0v) is 18.0. The van der Waals surface area contributed by atoms with E-state index in [1.54, 1.807) is 0 Å². The molecule has 31 heavy (non-hydrogen) atoms. The Hall–Kier alpha value is -2.70. The van der Waals surface area contributed by atoms with E-state index in [1.165, 1.54) is 22.3 Å². The Morgan fingerprint density at radius 1 is 0.774 bits per heavy atom. The van der Waals surface area contributed by atoms with Crippen molar-refractivity contribution >= 4 is 11.8 Å². The van der Waals surface area contributed by atoms with Crippen LogP contribution in [0.25, 0.3) is 0 Å². The Kier molecular flexibility index (Phi) is 6.99. The highest BCUT2D eigenvalue weighted by Crippen LogP contribution is 2.22. The first-order valence-electron chi connectivity index (χ1n) is 11.0. The van der Waals surface area contributed by atoms with Crippen LogP contribution >= 0.6 is 0 Å². The smallest absolute Gasteiger partial charge is 0.224 e. The average Bonchev–Trinajstić information content (AvgIpc) is 3.42. The number of carbonyl (C=O) groups is 2. The summed E-state index contributed by atoms with van der Waals surface area (Å²) >= 11 is 0. The number of nitrogens with one attached hydrogen (secondary N) is 2. The molecule has 0 spiro atoms. The van der Waals surface area contributed by atoms with E-state index in [-0.39, 0.29) is 17.7 Å². The van der Waals surface area contributed by atoms with E-state index in [0.29, 0.717) is 52.4 Å². The third kappa shape index (κ3) is 5.71. The number of amides is 2. The van der Waals surface area contributed by atoms with Crippen LogP contribution in [0.5, 0.6) is 0 Å². The number of fused-ring (bicyclic) bond motifs is 2. The second-order valence-corrected chi connectivity index (χ2v) is 8.43. The third-order valence-electron chi connectivity index (χ3n) is 6.05. The number of hydrogen-bond donors (Lipinski definition) is 2. The summed E-state index contributed by atoms with van der Waals surface area (Å²) in [4.78, 5) is 24.7. The normalized spacial score (nSPS) is 14.4. The molecule has 2 amide bonds. The molecule has 4 rings (SSSR count). The number of carbonyl (C=O) groups excluding carboxylic acids is 2. The van der Waals surface area contributed by atoms with Gasteiger partial charge in [-0.25, -0.2) is 0 Å². The average molecular weight is 423 g/mol. The van der Waals surface area contributed by atoms with Gasteiger partial charge in [0, 0.05) is 13.1 Å². The molecule has 0 unspecified atom stereocenters. The van der Waals surface area contributed by atoms with Crippen molar-refractivity contribution in [1.82, 2.24) is 10.6 Å². The lowest BCUT2D eigenvalue weighted by Gasteiger charge is -2.17. The van der Waals surface area contributed by atoms with E-state index in [2.05, 4.69) is 29.7 Å². The van der Waals surface area contributed by atoms with Crippen molar-refractivity contribution in [2.24, 2.45) is 5.92 Å². The van der Waals surface area contributed by atoms with E-state index in [4.69, 9.17) is 9.47 Å². The maximum Gasteiger partial charge on any atom is 0.224 e. The van der Waals surface area contributed by atoms with Gasteiger partial charge in [-0.2, -0.15) is 0 Å². The molecule has 2 aromatic carbocycles. The summed E-state index contributed by atoms with van der Waals surface area (Å²) in [5.74, 6) is 0.211. The first-order chi connectivity index (χ1) is 15.1. The lowest BCUT2D eigenvalue weighted by Crippen LogP contribution is -2.37. The molecule has 2 aromatic rings. The van der Waals surface area contributed by atoms with Gasteiger partial charge < -0.3 is 20.1 Å². The maximum absolute atomic E-state index is 12.4. The van der Waals surface area contributed by atoms with E-state index >= 15 is 0 Å². The Balaban J connectivity index is 1.19. The number of ether oxygens (including phenoxy) is 2. The molecule has 0 saturated heterocycles. The van der Waals surface area contributed by atoms with Crippen LogP contribution in [0.3, 0.4) is 0 Å². The van der Waals surface area contributed by atoms with Crippen molar-refractivity contribution in [2.75, 3.05) is 13.1 Å². The highest BCUT2D eigenvalue weighted by atomic mass is 16.5. The van der Waals surface area contributed by atoms with Crippen molar-refractivity contribution in [3.05, 3.63) is 69.8 Å². The maximum atomic E-state index is 12.4. The molecule has 0 radical (unpaired) electrons. The van der Waals surface area contributed by atoms with Gasteiger partial charge in [-0.1, -0.05) is 43.3 Å². The molecule has 0 aromatic heterocycles. The van der Waals surface area contributed by atoms with Gasteiger partial charge in [0.1, 0.15) is 0 Å². The van der Waals surface area contributed by atoms with E-state index in [1.807, 2.05) is 24.3 Å². The van der Waals surface area contributed by atoms with Crippen LogP contribution in [0.2, 0.25) is 0 Å². The highest BCUT2D eigenvalue weighted by molar-refractivity contribution is 5.79. The summed E-state index contributed by atoms with van der Waals surface area (Å²) in [5.41, 5.74) is 6.77. The van der Waals surface area contributed by atoms with Gasteiger partial charge in [0.25, 0.3) is 0 Å².